The van der Waals surface area contributed by atoms with Crippen LogP contribution in [0.2, 0.25) is 0 Å². The maximum Gasteiger partial charge on any atom is 0.419 e. The summed E-state index contributed by atoms with van der Waals surface area (Å²) in [6.45, 7) is 4.32. The molecule has 1 aliphatic rings. The molecule has 1 aromatic heterocycles. The molecule has 0 spiro atoms. The maximum absolute atomic E-state index is 13.3. The van der Waals surface area contributed by atoms with Gasteiger partial charge in [0, 0.05) is 19.2 Å². The summed E-state index contributed by atoms with van der Waals surface area (Å²) in [7, 11) is -2.52. The van der Waals surface area contributed by atoms with Crippen molar-refractivity contribution in [3.05, 3.63) is 64.6 Å². The van der Waals surface area contributed by atoms with Gasteiger partial charge in [-0.15, -0.1) is 0 Å². The molecule has 0 saturated heterocycles. The molecule has 8 nitrogen and oxygen atoms in total. The molecule has 34 heavy (non-hydrogen) atoms. The van der Waals surface area contributed by atoms with Gasteiger partial charge in [-0.25, -0.2) is 13.2 Å². The third-order valence-corrected chi connectivity index (χ3v) is 8.47. The Morgan fingerprint density at radius 1 is 1.15 bits per heavy atom. The first-order valence-corrected chi connectivity index (χ1v) is 13.1. The fourth-order valence-corrected chi connectivity index (χ4v) is 5.85. The van der Waals surface area contributed by atoms with E-state index in [-0.39, 0.29) is 28.8 Å². The van der Waals surface area contributed by atoms with Crippen LogP contribution in [-0.2, 0) is 28.3 Å². The highest BCUT2D eigenvalue weighted by Crippen LogP contribution is 2.29. The smallest absolute Gasteiger partial charge is 0.408 e. The minimum atomic E-state index is -4.07. The van der Waals surface area contributed by atoms with Gasteiger partial charge in [-0.05, 0) is 42.4 Å². The number of aromatic nitrogens is 1. The predicted octanol–water partition coefficient (Wildman–Crippen LogP) is 2.96. The number of sulfonamides is 1. The summed E-state index contributed by atoms with van der Waals surface area (Å²) in [5.74, 6) is -0.106. The second-order valence-corrected chi connectivity index (χ2v) is 11.0. The summed E-state index contributed by atoms with van der Waals surface area (Å²) in [5, 5.41) is 3.10. The zero-order valence-electron chi connectivity index (χ0n) is 19.7. The van der Waals surface area contributed by atoms with E-state index in [4.69, 9.17) is 4.42 Å². The first-order chi connectivity index (χ1) is 16.2. The third-order valence-electron chi connectivity index (χ3n) is 7.01. The number of hydrogen-bond donors (Lipinski definition) is 2. The van der Waals surface area contributed by atoms with E-state index in [1.54, 1.807) is 7.05 Å². The minimum Gasteiger partial charge on any atom is -0.408 e. The summed E-state index contributed by atoms with van der Waals surface area (Å²) >= 11 is 0. The molecule has 1 saturated carbocycles. The Morgan fingerprint density at radius 3 is 2.62 bits per heavy atom. The van der Waals surface area contributed by atoms with Crippen LogP contribution in [0.15, 0.2) is 62.6 Å². The molecule has 0 unspecified atom stereocenters. The Bertz CT molecular complexity index is 1330. The first-order valence-electron chi connectivity index (χ1n) is 11.6. The zero-order valence-corrected chi connectivity index (χ0v) is 20.5. The fourth-order valence-electron chi connectivity index (χ4n) is 4.64. The molecule has 0 bridgehead atoms. The number of amides is 1. The number of oxazole rings is 1. The molecule has 4 rings (SSSR count). The second kappa shape index (κ2) is 9.76. The van der Waals surface area contributed by atoms with Crippen molar-refractivity contribution in [1.29, 1.82) is 0 Å². The molecule has 1 fully saturated rings. The number of fused-ring (bicyclic) bond motifs is 1. The van der Waals surface area contributed by atoms with Gasteiger partial charge < -0.3 is 9.73 Å². The number of carbonyl (C=O) groups is 1. The highest BCUT2D eigenvalue weighted by atomic mass is 32.2. The van der Waals surface area contributed by atoms with E-state index in [1.165, 1.54) is 22.8 Å². The van der Waals surface area contributed by atoms with Gasteiger partial charge in [0.1, 0.15) is 6.04 Å². The lowest BCUT2D eigenvalue weighted by Crippen LogP contribution is -2.53. The highest BCUT2D eigenvalue weighted by molar-refractivity contribution is 7.89. The molecule has 2 aromatic carbocycles. The quantitative estimate of drug-likeness (QED) is 0.535. The maximum atomic E-state index is 13.3. The van der Waals surface area contributed by atoms with Crippen LogP contribution in [-0.4, -0.2) is 31.0 Å². The van der Waals surface area contributed by atoms with Crippen LogP contribution in [0.5, 0.6) is 0 Å². The zero-order chi connectivity index (χ0) is 24.5. The van der Waals surface area contributed by atoms with Crippen LogP contribution >= 0.6 is 0 Å². The standard InChI is InChI=1S/C25H31N3O5S/c1-16-8-7-11-20(17(16)2)26-24(29)21(14-18-9-5-4-6-10-18)27-34(31,32)19-12-13-22-23(15-19)33-25(30)28(22)3/h4-6,9-10,12-13,15-17,20-21,27H,7-8,11,14H2,1-3H3,(H,26,29)/t16-,17-,20+,21-/m1/s1. The van der Waals surface area contributed by atoms with Crippen molar-refractivity contribution in [2.75, 3.05) is 0 Å². The minimum absolute atomic E-state index is 0.00831. The van der Waals surface area contributed by atoms with Crippen molar-refractivity contribution in [2.24, 2.45) is 18.9 Å². The molecule has 3 aromatic rings. The van der Waals surface area contributed by atoms with Crippen LogP contribution in [0.3, 0.4) is 0 Å². The normalized spacial score (nSPS) is 21.9. The van der Waals surface area contributed by atoms with Crippen molar-refractivity contribution < 1.29 is 17.6 Å². The Hall–Kier alpha value is -2.91. The number of hydrogen-bond acceptors (Lipinski definition) is 5. The van der Waals surface area contributed by atoms with E-state index in [0.29, 0.717) is 17.4 Å². The van der Waals surface area contributed by atoms with Gasteiger partial charge in [-0.3, -0.25) is 9.36 Å². The third kappa shape index (κ3) is 5.10. The molecule has 2 N–H and O–H groups in total. The average Bonchev–Trinajstić information content (AvgIpc) is 3.10. The van der Waals surface area contributed by atoms with Gasteiger partial charge in [-0.2, -0.15) is 4.72 Å². The number of rotatable bonds is 7. The van der Waals surface area contributed by atoms with E-state index in [1.807, 2.05) is 30.3 Å². The second-order valence-electron chi connectivity index (χ2n) is 9.30. The lowest BCUT2D eigenvalue weighted by atomic mass is 9.78. The first kappa shape index (κ1) is 24.2. The van der Waals surface area contributed by atoms with Crippen molar-refractivity contribution in [3.63, 3.8) is 0 Å². The number of aryl methyl sites for hydroxylation is 1. The Morgan fingerprint density at radius 2 is 1.88 bits per heavy atom. The summed E-state index contributed by atoms with van der Waals surface area (Å²) in [6.07, 6.45) is 3.26. The van der Waals surface area contributed by atoms with E-state index < -0.39 is 21.8 Å². The number of nitrogens with zero attached hydrogens (tertiary/aromatic N) is 1. The topological polar surface area (TPSA) is 110 Å². The predicted molar refractivity (Wildman–Crippen MR) is 130 cm³/mol. The average molecular weight is 486 g/mol. The van der Waals surface area contributed by atoms with Gasteiger partial charge in [-0.1, -0.05) is 57.0 Å². The van der Waals surface area contributed by atoms with E-state index in [2.05, 4.69) is 23.9 Å². The highest BCUT2D eigenvalue weighted by Gasteiger charge is 2.32. The van der Waals surface area contributed by atoms with E-state index in [9.17, 15) is 18.0 Å². The van der Waals surface area contributed by atoms with Crippen LogP contribution in [0, 0.1) is 11.8 Å². The van der Waals surface area contributed by atoms with Gasteiger partial charge in [0.2, 0.25) is 15.9 Å². The summed E-state index contributed by atoms with van der Waals surface area (Å²) in [5.41, 5.74) is 1.51. The van der Waals surface area contributed by atoms with E-state index >= 15 is 0 Å². The van der Waals surface area contributed by atoms with Gasteiger partial charge >= 0.3 is 5.76 Å². The summed E-state index contributed by atoms with van der Waals surface area (Å²) in [4.78, 5) is 25.1. The fraction of sp³-hybridized carbons (Fsp3) is 0.440. The molecule has 1 heterocycles. The largest absolute Gasteiger partial charge is 0.419 e. The molecule has 1 aliphatic carbocycles. The number of nitrogens with one attached hydrogen (secondary N) is 2. The van der Waals surface area contributed by atoms with Gasteiger partial charge in [0.25, 0.3) is 0 Å². The lowest BCUT2D eigenvalue weighted by molar-refractivity contribution is -0.124. The van der Waals surface area contributed by atoms with Crippen LogP contribution in [0.1, 0.15) is 38.7 Å². The monoisotopic (exact) mass is 485 g/mol. The molecular formula is C25H31N3O5S. The summed E-state index contributed by atoms with van der Waals surface area (Å²) in [6, 6.07) is 12.6. The Kier molecular flexibility index (Phi) is 6.95. The number of benzene rings is 2. The lowest BCUT2D eigenvalue weighted by Gasteiger charge is -2.35. The number of carbonyl (C=O) groups excluding carboxylic acids is 1. The molecule has 1 amide bonds. The van der Waals surface area contributed by atoms with Crippen molar-refractivity contribution in [3.8, 4) is 0 Å². The summed E-state index contributed by atoms with van der Waals surface area (Å²) < 4.78 is 35.6. The van der Waals surface area contributed by atoms with Crippen molar-refractivity contribution in [1.82, 2.24) is 14.6 Å². The van der Waals surface area contributed by atoms with Crippen molar-refractivity contribution >= 4 is 27.0 Å². The molecule has 0 radical (unpaired) electrons. The van der Waals surface area contributed by atoms with Crippen molar-refractivity contribution in [2.45, 2.75) is 56.5 Å². The van der Waals surface area contributed by atoms with E-state index in [0.717, 1.165) is 24.8 Å². The van der Waals surface area contributed by atoms with Gasteiger partial charge in [0.05, 0.1) is 10.4 Å². The SMILES string of the molecule is C[C@@H]1[C@H](C)CCC[C@@H]1NC(=O)[C@@H](Cc1ccccc1)NS(=O)(=O)c1ccc2c(c1)oc(=O)n2C. The molecule has 0 aliphatic heterocycles. The van der Waals surface area contributed by atoms with Crippen LogP contribution in [0.25, 0.3) is 11.1 Å². The van der Waals surface area contributed by atoms with Gasteiger partial charge in [0.15, 0.2) is 5.58 Å². The van der Waals surface area contributed by atoms with Crippen LogP contribution in [0.4, 0.5) is 0 Å². The van der Waals surface area contributed by atoms with Crippen LogP contribution < -0.4 is 15.8 Å². The molecule has 182 valence electrons. The Labute approximate surface area is 199 Å². The molecule has 4 atom stereocenters. The molecular weight excluding hydrogens is 454 g/mol. The Balaban J connectivity index is 1.60. The molecule has 9 heteroatoms.